The summed E-state index contributed by atoms with van der Waals surface area (Å²) >= 11 is 0. The molecule has 4 heteroatoms. The van der Waals surface area contributed by atoms with Crippen LogP contribution in [0.3, 0.4) is 0 Å². The van der Waals surface area contributed by atoms with Crippen LogP contribution < -0.4 is 4.72 Å². The fourth-order valence-electron chi connectivity index (χ4n) is 1.22. The van der Waals surface area contributed by atoms with E-state index in [1.54, 1.807) is 20.8 Å². The fraction of sp³-hybridized carbons (Fsp3) is 0.500. The standard InChI is InChI=1S/C12H19NO2S/c1-10(11-8-6-5-7-9-11)13-16(14,15)12(2,3)4/h5-10,13H,1-4H3/t10-/m0/s1. The van der Waals surface area contributed by atoms with Crippen LogP contribution >= 0.6 is 0 Å². The molecule has 0 aliphatic rings. The highest BCUT2D eigenvalue weighted by Crippen LogP contribution is 2.19. The molecule has 0 aromatic heterocycles. The molecule has 0 fully saturated rings. The van der Waals surface area contributed by atoms with E-state index in [0.717, 1.165) is 5.56 Å². The van der Waals surface area contributed by atoms with E-state index < -0.39 is 14.8 Å². The average molecular weight is 241 g/mol. The Hall–Kier alpha value is -0.870. The molecule has 1 N–H and O–H groups in total. The van der Waals surface area contributed by atoms with Crippen LogP contribution in [0.15, 0.2) is 30.3 Å². The van der Waals surface area contributed by atoms with E-state index in [1.807, 2.05) is 37.3 Å². The van der Waals surface area contributed by atoms with Gasteiger partial charge in [0.1, 0.15) is 0 Å². The normalized spacial score (nSPS) is 14.8. The maximum Gasteiger partial charge on any atom is 0.217 e. The fourth-order valence-corrected chi connectivity index (χ4v) is 2.17. The first-order valence-electron chi connectivity index (χ1n) is 5.31. The Morgan fingerprint density at radius 3 is 2.06 bits per heavy atom. The van der Waals surface area contributed by atoms with E-state index in [2.05, 4.69) is 4.72 Å². The van der Waals surface area contributed by atoms with Gasteiger partial charge in [-0.2, -0.15) is 0 Å². The second-order valence-electron chi connectivity index (χ2n) is 4.87. The molecule has 90 valence electrons. The molecule has 1 atom stereocenters. The first-order valence-corrected chi connectivity index (χ1v) is 6.79. The Morgan fingerprint density at radius 2 is 1.62 bits per heavy atom. The number of hydrogen-bond acceptors (Lipinski definition) is 2. The highest BCUT2D eigenvalue weighted by Gasteiger charge is 2.30. The Morgan fingerprint density at radius 1 is 1.12 bits per heavy atom. The van der Waals surface area contributed by atoms with Gasteiger partial charge in [0.05, 0.1) is 4.75 Å². The first-order chi connectivity index (χ1) is 7.24. The lowest BCUT2D eigenvalue weighted by Gasteiger charge is -2.23. The molecular weight excluding hydrogens is 222 g/mol. The van der Waals surface area contributed by atoms with E-state index in [1.165, 1.54) is 0 Å². The smallest absolute Gasteiger partial charge is 0.212 e. The topological polar surface area (TPSA) is 46.2 Å². The zero-order valence-corrected chi connectivity index (χ0v) is 11.0. The summed E-state index contributed by atoms with van der Waals surface area (Å²) in [6.45, 7) is 6.91. The highest BCUT2D eigenvalue weighted by atomic mass is 32.2. The van der Waals surface area contributed by atoms with Crippen molar-refractivity contribution in [1.82, 2.24) is 4.72 Å². The summed E-state index contributed by atoms with van der Waals surface area (Å²) < 4.78 is 25.8. The van der Waals surface area contributed by atoms with Crippen LogP contribution in [0.5, 0.6) is 0 Å². The summed E-state index contributed by atoms with van der Waals surface area (Å²) in [6, 6.07) is 9.33. The van der Waals surface area contributed by atoms with Crippen LogP contribution in [0, 0.1) is 0 Å². The second-order valence-corrected chi connectivity index (χ2v) is 7.33. The van der Waals surface area contributed by atoms with Gasteiger partial charge in [0.25, 0.3) is 0 Å². The molecule has 0 unspecified atom stereocenters. The summed E-state index contributed by atoms with van der Waals surface area (Å²) in [5, 5.41) is 0. The van der Waals surface area contributed by atoms with Crippen LogP contribution in [0.2, 0.25) is 0 Å². The zero-order chi connectivity index (χ0) is 12.4. The van der Waals surface area contributed by atoms with E-state index in [-0.39, 0.29) is 6.04 Å². The summed E-state index contributed by atoms with van der Waals surface area (Å²) in [5.41, 5.74) is 0.968. The molecular formula is C12H19NO2S. The number of hydrogen-bond donors (Lipinski definition) is 1. The quantitative estimate of drug-likeness (QED) is 0.883. The molecule has 0 spiro atoms. The van der Waals surface area contributed by atoms with E-state index in [9.17, 15) is 8.42 Å². The predicted molar refractivity (Wildman–Crippen MR) is 66.7 cm³/mol. The lowest BCUT2D eigenvalue weighted by molar-refractivity contribution is 0.532. The molecule has 0 saturated carbocycles. The number of benzene rings is 1. The number of nitrogens with one attached hydrogen (secondary N) is 1. The molecule has 1 aromatic carbocycles. The third-order valence-electron chi connectivity index (χ3n) is 2.44. The molecule has 0 heterocycles. The molecule has 0 amide bonds. The van der Waals surface area contributed by atoms with Crippen molar-refractivity contribution in [1.29, 1.82) is 0 Å². The van der Waals surface area contributed by atoms with Crippen molar-refractivity contribution in [2.24, 2.45) is 0 Å². The van der Waals surface area contributed by atoms with Crippen molar-refractivity contribution in [3.63, 3.8) is 0 Å². The van der Waals surface area contributed by atoms with Gasteiger partial charge >= 0.3 is 0 Å². The summed E-state index contributed by atoms with van der Waals surface area (Å²) in [6.07, 6.45) is 0. The van der Waals surface area contributed by atoms with Gasteiger partial charge in [-0.3, -0.25) is 0 Å². The average Bonchev–Trinajstić information content (AvgIpc) is 2.16. The molecule has 0 aliphatic carbocycles. The number of rotatable bonds is 3. The van der Waals surface area contributed by atoms with Gasteiger partial charge < -0.3 is 0 Å². The van der Waals surface area contributed by atoms with Gasteiger partial charge in [-0.05, 0) is 33.3 Å². The Bertz CT molecular complexity index is 432. The lowest BCUT2D eigenvalue weighted by atomic mass is 10.1. The van der Waals surface area contributed by atoms with E-state index in [4.69, 9.17) is 0 Å². The predicted octanol–water partition coefficient (Wildman–Crippen LogP) is 2.47. The third kappa shape index (κ3) is 3.06. The van der Waals surface area contributed by atoms with Gasteiger partial charge in [-0.15, -0.1) is 0 Å². The molecule has 3 nitrogen and oxygen atoms in total. The minimum absolute atomic E-state index is 0.203. The molecule has 0 saturated heterocycles. The SMILES string of the molecule is C[C@H](NS(=O)(=O)C(C)(C)C)c1ccccc1. The third-order valence-corrected chi connectivity index (χ3v) is 4.71. The van der Waals surface area contributed by atoms with Crippen LogP contribution in [-0.2, 0) is 10.0 Å². The minimum Gasteiger partial charge on any atom is -0.212 e. The van der Waals surface area contributed by atoms with Crippen molar-refractivity contribution >= 4 is 10.0 Å². The van der Waals surface area contributed by atoms with Gasteiger partial charge in [0.15, 0.2) is 0 Å². The second kappa shape index (κ2) is 4.55. The maximum absolute atomic E-state index is 11.9. The highest BCUT2D eigenvalue weighted by molar-refractivity contribution is 7.90. The van der Waals surface area contributed by atoms with Gasteiger partial charge in [-0.25, -0.2) is 13.1 Å². The van der Waals surface area contributed by atoms with Crippen molar-refractivity contribution in [3.05, 3.63) is 35.9 Å². The van der Waals surface area contributed by atoms with Crippen molar-refractivity contribution < 1.29 is 8.42 Å². The number of sulfonamides is 1. The first kappa shape index (κ1) is 13.2. The zero-order valence-electron chi connectivity index (χ0n) is 10.2. The van der Waals surface area contributed by atoms with Crippen molar-refractivity contribution in [2.45, 2.75) is 38.5 Å². The summed E-state index contributed by atoms with van der Waals surface area (Å²) in [4.78, 5) is 0. The summed E-state index contributed by atoms with van der Waals surface area (Å²) in [5.74, 6) is 0. The lowest BCUT2D eigenvalue weighted by Crippen LogP contribution is -2.40. The molecule has 16 heavy (non-hydrogen) atoms. The molecule has 0 bridgehead atoms. The van der Waals surface area contributed by atoms with E-state index >= 15 is 0 Å². The van der Waals surface area contributed by atoms with Crippen LogP contribution in [-0.4, -0.2) is 13.2 Å². The minimum atomic E-state index is -3.30. The van der Waals surface area contributed by atoms with Crippen molar-refractivity contribution in [2.75, 3.05) is 0 Å². The van der Waals surface area contributed by atoms with Crippen LogP contribution in [0.1, 0.15) is 39.3 Å². The van der Waals surface area contributed by atoms with Crippen molar-refractivity contribution in [3.8, 4) is 0 Å². The van der Waals surface area contributed by atoms with E-state index in [0.29, 0.717) is 0 Å². The van der Waals surface area contributed by atoms with Gasteiger partial charge in [0, 0.05) is 6.04 Å². The Balaban J connectivity index is 2.85. The van der Waals surface area contributed by atoms with Crippen LogP contribution in [0.4, 0.5) is 0 Å². The maximum atomic E-state index is 11.9. The molecule has 1 aromatic rings. The van der Waals surface area contributed by atoms with Crippen LogP contribution in [0.25, 0.3) is 0 Å². The Kier molecular flexibility index (Phi) is 3.76. The monoisotopic (exact) mass is 241 g/mol. The molecule has 1 rings (SSSR count). The largest absolute Gasteiger partial charge is 0.217 e. The van der Waals surface area contributed by atoms with Gasteiger partial charge in [-0.1, -0.05) is 30.3 Å². The Labute approximate surface area is 97.9 Å². The van der Waals surface area contributed by atoms with Gasteiger partial charge in [0.2, 0.25) is 10.0 Å². The summed E-state index contributed by atoms with van der Waals surface area (Å²) in [7, 11) is -3.30. The molecule has 0 radical (unpaired) electrons. The molecule has 0 aliphatic heterocycles.